The van der Waals surface area contributed by atoms with Crippen molar-refractivity contribution < 1.29 is 30.6 Å². The van der Waals surface area contributed by atoms with Gasteiger partial charge in [-0.2, -0.15) is 0 Å². The van der Waals surface area contributed by atoms with Crippen molar-refractivity contribution >= 4 is 0 Å². The van der Waals surface area contributed by atoms with E-state index in [9.17, 15) is 30.6 Å². The molecule has 0 saturated heterocycles. The lowest BCUT2D eigenvalue weighted by Crippen LogP contribution is -1.98. The smallest absolute Gasteiger partial charge is 0.0758 e. The maximum Gasteiger partial charge on any atom is 0.0758 e. The Bertz CT molecular complexity index is 1630. The summed E-state index contributed by atoms with van der Waals surface area (Å²) in [4.78, 5) is 0. The molecule has 0 unspecified atom stereocenters. The van der Waals surface area contributed by atoms with Gasteiger partial charge in [0.05, 0.1) is 36.6 Å². The van der Waals surface area contributed by atoms with Crippen LogP contribution in [0.5, 0.6) is 0 Å². The zero-order valence-corrected chi connectivity index (χ0v) is 45.7. The van der Waals surface area contributed by atoms with Crippen LogP contribution < -0.4 is 0 Å². The fraction of sp³-hybridized carbons (Fsp3) is 0.463. The van der Waals surface area contributed by atoms with Gasteiger partial charge in [0.15, 0.2) is 0 Å². The summed E-state index contributed by atoms with van der Waals surface area (Å²) in [5.74, 6) is 0. The first kappa shape index (κ1) is 74.6. The van der Waals surface area contributed by atoms with Crippen molar-refractivity contribution in [1.82, 2.24) is 0 Å². The molecule has 0 bridgehead atoms. The van der Waals surface area contributed by atoms with E-state index >= 15 is 0 Å². The Morgan fingerprint density at radius 1 is 0.233 bits per heavy atom. The molecule has 0 radical (unpaired) electrons. The van der Waals surface area contributed by atoms with E-state index in [1.807, 2.05) is 122 Å². The molecule has 0 aromatic carbocycles. The van der Waals surface area contributed by atoms with Crippen LogP contribution in [0.3, 0.4) is 0 Å². The van der Waals surface area contributed by atoms with E-state index in [-0.39, 0.29) is 7.43 Å². The van der Waals surface area contributed by atoms with E-state index in [2.05, 4.69) is 102 Å². The third kappa shape index (κ3) is 69.2. The molecule has 0 aliphatic heterocycles. The lowest BCUT2D eigenvalue weighted by atomic mass is 10.2. The molecule has 0 aromatic heterocycles. The Morgan fingerprint density at radius 3 is 0.712 bits per heavy atom. The van der Waals surface area contributed by atoms with Crippen molar-refractivity contribution in [3.63, 3.8) is 0 Å². The fourth-order valence-corrected chi connectivity index (χ4v) is 5.56. The number of allylic oxidation sites excluding steroid dienone is 24. The lowest BCUT2D eigenvalue weighted by Gasteiger charge is -1.99. The molecular formula is C67H106O6. The van der Waals surface area contributed by atoms with Crippen molar-refractivity contribution in [2.45, 2.75) is 201 Å². The molecular weight excluding hydrogens is 901 g/mol. The van der Waals surface area contributed by atoms with Crippen LogP contribution >= 0.6 is 0 Å². The summed E-state index contributed by atoms with van der Waals surface area (Å²) in [6, 6.07) is 0. The number of hydrogen-bond donors (Lipinski definition) is 6. The number of aliphatic hydroxyl groups is 6. The molecule has 0 heterocycles. The first-order valence-corrected chi connectivity index (χ1v) is 27.1. The van der Waals surface area contributed by atoms with Crippen LogP contribution in [-0.4, -0.2) is 67.3 Å². The third-order valence-corrected chi connectivity index (χ3v) is 9.65. The summed E-state index contributed by atoms with van der Waals surface area (Å²) in [5, 5.41) is 58.5. The highest BCUT2D eigenvalue weighted by atomic mass is 16.3. The van der Waals surface area contributed by atoms with Gasteiger partial charge in [-0.05, 0) is 89.9 Å². The lowest BCUT2D eigenvalue weighted by molar-refractivity contribution is 0.226. The second-order valence-corrected chi connectivity index (χ2v) is 16.9. The molecule has 6 atom stereocenters. The Labute approximate surface area is 448 Å². The molecule has 410 valence electrons. The molecule has 73 heavy (non-hydrogen) atoms. The van der Waals surface area contributed by atoms with Crippen LogP contribution in [0.1, 0.15) is 165 Å². The monoisotopic (exact) mass is 1010 g/mol. The zero-order chi connectivity index (χ0) is 53.6. The van der Waals surface area contributed by atoms with Gasteiger partial charge in [0, 0.05) is 0 Å². The van der Waals surface area contributed by atoms with Gasteiger partial charge in [0.2, 0.25) is 0 Å². The van der Waals surface area contributed by atoms with Gasteiger partial charge in [-0.1, -0.05) is 293 Å². The number of unbranched alkanes of at least 4 members (excludes halogenated alkanes) is 4. The van der Waals surface area contributed by atoms with Crippen LogP contribution in [0.15, 0.2) is 219 Å². The molecule has 6 nitrogen and oxygen atoms in total. The molecule has 0 aliphatic rings. The van der Waals surface area contributed by atoms with Crippen LogP contribution in [-0.2, 0) is 0 Å². The topological polar surface area (TPSA) is 121 Å². The fourth-order valence-electron chi connectivity index (χ4n) is 5.56. The molecule has 0 aromatic rings. The predicted molar refractivity (Wildman–Crippen MR) is 324 cm³/mol. The average Bonchev–Trinajstić information content (AvgIpc) is 3.37. The average molecular weight is 1010 g/mol. The molecule has 0 fully saturated rings. The molecule has 0 rings (SSSR count). The van der Waals surface area contributed by atoms with E-state index in [1.165, 1.54) is 0 Å². The molecule has 0 spiro atoms. The maximum absolute atomic E-state index is 9.78. The SMILES string of the molecule is C.CC/C=C\C/C=C\C[C@H](O)/C=C/C=C\C=C\[C@@H](O)C/C=C\CCC.CC/C=C\C/C=C\C[C@H](O)\C=C/C=C/C=C/[C@@H](O)C/C=C\CCC.CCC/C=C\C[C@H](O)/C=C/C=C/C=C/[C@@H](O)C/C=C\C=C\CCC. The van der Waals surface area contributed by atoms with E-state index in [4.69, 9.17) is 0 Å². The largest absolute Gasteiger partial charge is 0.389 e. The Kier molecular flexibility index (Phi) is 66.5. The first-order chi connectivity index (χ1) is 35.1. The molecule has 0 aliphatic carbocycles. The van der Waals surface area contributed by atoms with Crippen LogP contribution in [0.4, 0.5) is 0 Å². The number of rotatable bonds is 39. The Balaban J connectivity index is -0.000000486. The Morgan fingerprint density at radius 2 is 0.452 bits per heavy atom. The highest BCUT2D eigenvalue weighted by Crippen LogP contribution is 2.04. The van der Waals surface area contributed by atoms with Gasteiger partial charge in [0.1, 0.15) is 0 Å². The van der Waals surface area contributed by atoms with Gasteiger partial charge in [-0.25, -0.2) is 0 Å². The highest BCUT2D eigenvalue weighted by molar-refractivity contribution is 5.16. The standard InChI is InChI=1S/3C22H34O2.CH4/c3*1-3-5-7-9-10-14-18-22(24)20-16-12-11-15-19-21(23)17-13-8-6-4-2;/h7-16,19-24H,3-6,17-18H2,1-2H3;2*5,7-8,10-16,19-24H,3-4,6,9,17-18H2,1-2H3;1H4/b9-7+,12-11+,13-8-,14-10-,19-15+,20-16+;7-5-,12-11+,13-8-,14-10-,19-15+,20-16-;7-5-,12-11-,13-8-,14-10-,19-15+,20-16+;/t3*21-,22-;/m000./s1. The summed E-state index contributed by atoms with van der Waals surface area (Å²) in [6.45, 7) is 12.8. The molecule has 6 heteroatoms. The van der Waals surface area contributed by atoms with Crippen LogP contribution in [0.2, 0.25) is 0 Å². The van der Waals surface area contributed by atoms with Gasteiger partial charge in [-0.3, -0.25) is 0 Å². The highest BCUT2D eigenvalue weighted by Gasteiger charge is 1.97. The van der Waals surface area contributed by atoms with E-state index in [1.54, 1.807) is 36.5 Å². The van der Waals surface area contributed by atoms with Crippen molar-refractivity contribution in [3.8, 4) is 0 Å². The second kappa shape index (κ2) is 65.1. The second-order valence-electron chi connectivity index (χ2n) is 16.9. The van der Waals surface area contributed by atoms with Crippen molar-refractivity contribution in [2.24, 2.45) is 0 Å². The van der Waals surface area contributed by atoms with Crippen LogP contribution in [0.25, 0.3) is 0 Å². The van der Waals surface area contributed by atoms with E-state index in [0.29, 0.717) is 38.5 Å². The van der Waals surface area contributed by atoms with Crippen molar-refractivity contribution in [3.05, 3.63) is 219 Å². The summed E-state index contributed by atoms with van der Waals surface area (Å²) in [7, 11) is 0. The zero-order valence-electron chi connectivity index (χ0n) is 45.7. The summed E-state index contributed by atoms with van der Waals surface area (Å²) in [5.41, 5.74) is 0. The van der Waals surface area contributed by atoms with E-state index < -0.39 is 36.6 Å². The Hall–Kier alpha value is -4.92. The minimum atomic E-state index is -0.469. The van der Waals surface area contributed by atoms with Crippen LogP contribution in [0, 0.1) is 0 Å². The molecule has 6 N–H and O–H groups in total. The first-order valence-electron chi connectivity index (χ1n) is 27.1. The molecule has 0 saturated carbocycles. The minimum absolute atomic E-state index is 0. The molecule has 0 amide bonds. The predicted octanol–water partition coefficient (Wildman–Crippen LogP) is 16.9. The minimum Gasteiger partial charge on any atom is -0.389 e. The quantitative estimate of drug-likeness (QED) is 0.0270. The summed E-state index contributed by atoms with van der Waals surface area (Å²) >= 11 is 0. The van der Waals surface area contributed by atoms with Gasteiger partial charge < -0.3 is 30.6 Å². The maximum atomic E-state index is 9.78. The third-order valence-electron chi connectivity index (χ3n) is 9.65. The summed E-state index contributed by atoms with van der Waals surface area (Å²) in [6.07, 6.45) is 83.7. The number of aliphatic hydroxyl groups excluding tert-OH is 6. The normalized spacial score (nSPS) is 15.8. The van der Waals surface area contributed by atoms with Crippen molar-refractivity contribution in [1.29, 1.82) is 0 Å². The number of hydrogen-bond acceptors (Lipinski definition) is 6. The van der Waals surface area contributed by atoms with Crippen molar-refractivity contribution in [2.75, 3.05) is 0 Å². The van der Waals surface area contributed by atoms with Gasteiger partial charge in [-0.15, -0.1) is 0 Å². The van der Waals surface area contributed by atoms with E-state index in [0.717, 1.165) is 77.0 Å². The summed E-state index contributed by atoms with van der Waals surface area (Å²) < 4.78 is 0. The van der Waals surface area contributed by atoms with Gasteiger partial charge >= 0.3 is 0 Å². The van der Waals surface area contributed by atoms with Gasteiger partial charge in [0.25, 0.3) is 0 Å².